The van der Waals surface area contributed by atoms with E-state index < -0.39 is 11.2 Å². The molecule has 9 heteroatoms. The maximum absolute atomic E-state index is 13.2. The molecule has 2 N–H and O–H groups in total. The largest absolute Gasteiger partial charge is 0.478 e. The summed E-state index contributed by atoms with van der Waals surface area (Å²) < 4.78 is 0. The summed E-state index contributed by atoms with van der Waals surface area (Å²) in [7, 11) is 0. The molecule has 7 nitrogen and oxygen atoms in total. The Balaban J connectivity index is 1.50. The normalized spacial score (nSPS) is 16.6. The third kappa shape index (κ3) is 5.84. The average molecular weight is 494 g/mol. The van der Waals surface area contributed by atoms with E-state index in [1.807, 2.05) is 30.3 Å². The van der Waals surface area contributed by atoms with Crippen molar-refractivity contribution in [3.05, 3.63) is 95.0 Å². The minimum atomic E-state index is -1.04. The number of benzene rings is 3. The lowest BCUT2D eigenvalue weighted by molar-refractivity contribution is -0.128. The smallest absolute Gasteiger partial charge is 0.335 e. The predicted molar refractivity (Wildman–Crippen MR) is 134 cm³/mol. The summed E-state index contributed by atoms with van der Waals surface area (Å²) in [4.78, 5) is 43.1. The first kappa shape index (κ1) is 23.5. The topological polar surface area (TPSA) is 99.1 Å². The van der Waals surface area contributed by atoms with Crippen LogP contribution in [0.5, 0.6) is 0 Å². The Kier molecular flexibility index (Phi) is 7.30. The lowest BCUT2D eigenvalue weighted by Gasteiger charge is -2.16. The number of aromatic carboxylic acids is 1. The number of carbonyl (C=O) groups excluding carboxylic acids is 2. The summed E-state index contributed by atoms with van der Waals surface area (Å²) in [5, 5.41) is 12.2. The molecule has 3 aromatic rings. The molecule has 1 fully saturated rings. The van der Waals surface area contributed by atoms with E-state index in [-0.39, 0.29) is 23.8 Å². The van der Waals surface area contributed by atoms with E-state index in [4.69, 9.17) is 16.7 Å². The highest BCUT2D eigenvalue weighted by Crippen LogP contribution is 2.33. The SMILES string of the molecule is O=C(C[C@@H]1SC(=Nc2ccc(Cl)cc2)N(Cc2ccccc2)C1=O)Nc1ccc(C(=O)O)cc1. The van der Waals surface area contributed by atoms with E-state index >= 15 is 0 Å². The molecular formula is C25H20ClN3O4S. The molecule has 0 aromatic heterocycles. The molecule has 0 radical (unpaired) electrons. The fourth-order valence-electron chi connectivity index (χ4n) is 3.34. The Bertz CT molecular complexity index is 1230. The van der Waals surface area contributed by atoms with E-state index in [1.165, 1.54) is 36.0 Å². The Morgan fingerprint density at radius 1 is 1.00 bits per heavy atom. The van der Waals surface area contributed by atoms with Gasteiger partial charge >= 0.3 is 5.97 Å². The molecule has 1 heterocycles. The summed E-state index contributed by atoms with van der Waals surface area (Å²) in [5.41, 5.74) is 2.19. The number of anilines is 1. The van der Waals surface area contributed by atoms with Crippen molar-refractivity contribution in [2.45, 2.75) is 18.2 Å². The fraction of sp³-hybridized carbons (Fsp3) is 0.120. The van der Waals surface area contributed by atoms with E-state index in [2.05, 4.69) is 10.3 Å². The fourth-order valence-corrected chi connectivity index (χ4v) is 4.62. The van der Waals surface area contributed by atoms with E-state index in [0.717, 1.165) is 5.56 Å². The number of carbonyl (C=O) groups is 3. The molecule has 172 valence electrons. The van der Waals surface area contributed by atoms with Crippen LogP contribution in [0.3, 0.4) is 0 Å². The molecule has 0 aliphatic carbocycles. The highest BCUT2D eigenvalue weighted by atomic mass is 35.5. The minimum Gasteiger partial charge on any atom is -0.478 e. The van der Waals surface area contributed by atoms with Crippen LogP contribution in [0.4, 0.5) is 11.4 Å². The van der Waals surface area contributed by atoms with Gasteiger partial charge in [-0.25, -0.2) is 9.79 Å². The van der Waals surface area contributed by atoms with Gasteiger partial charge in [0.25, 0.3) is 0 Å². The van der Waals surface area contributed by atoms with Crippen molar-refractivity contribution in [1.82, 2.24) is 4.90 Å². The third-order valence-electron chi connectivity index (χ3n) is 5.04. The first-order chi connectivity index (χ1) is 16.4. The molecule has 4 rings (SSSR count). The molecule has 0 unspecified atom stereocenters. The lowest BCUT2D eigenvalue weighted by Crippen LogP contribution is -2.33. The standard InChI is InChI=1S/C25H20ClN3O4S/c26-18-8-12-20(13-9-18)28-25-29(15-16-4-2-1-3-5-16)23(31)21(34-25)14-22(30)27-19-10-6-17(7-11-19)24(32)33/h1-13,21H,14-15H2,(H,27,30)(H,32,33)/t21-/m0/s1. The summed E-state index contributed by atoms with van der Waals surface area (Å²) in [6.07, 6.45) is -0.0465. The van der Waals surface area contributed by atoms with Gasteiger partial charge in [-0.2, -0.15) is 0 Å². The van der Waals surface area contributed by atoms with Crippen LogP contribution in [0.15, 0.2) is 83.9 Å². The van der Waals surface area contributed by atoms with Gasteiger partial charge in [0.05, 0.1) is 17.8 Å². The van der Waals surface area contributed by atoms with Crippen LogP contribution in [0.1, 0.15) is 22.3 Å². The molecule has 1 aliphatic heterocycles. The van der Waals surface area contributed by atoms with Gasteiger partial charge in [0.1, 0.15) is 5.25 Å². The Labute approximate surface area is 205 Å². The molecule has 1 atom stereocenters. The maximum Gasteiger partial charge on any atom is 0.335 e. The van der Waals surface area contributed by atoms with Crippen LogP contribution in [0.25, 0.3) is 0 Å². The molecule has 3 aromatic carbocycles. The van der Waals surface area contributed by atoms with Gasteiger partial charge in [-0.1, -0.05) is 53.7 Å². The summed E-state index contributed by atoms with van der Waals surface area (Å²) in [6.45, 7) is 0.341. The van der Waals surface area contributed by atoms with Crippen LogP contribution in [0, 0.1) is 0 Å². The highest BCUT2D eigenvalue weighted by molar-refractivity contribution is 8.15. The highest BCUT2D eigenvalue weighted by Gasteiger charge is 2.39. The van der Waals surface area contributed by atoms with Crippen molar-refractivity contribution in [3.63, 3.8) is 0 Å². The number of carboxylic acids is 1. The van der Waals surface area contributed by atoms with Crippen LogP contribution < -0.4 is 5.32 Å². The quantitative estimate of drug-likeness (QED) is 0.471. The number of nitrogens with one attached hydrogen (secondary N) is 1. The van der Waals surface area contributed by atoms with Gasteiger partial charge in [0.2, 0.25) is 11.8 Å². The second kappa shape index (κ2) is 10.5. The first-order valence-corrected chi connectivity index (χ1v) is 11.6. The molecular weight excluding hydrogens is 474 g/mol. The van der Waals surface area contributed by atoms with Gasteiger partial charge in [-0.15, -0.1) is 0 Å². The number of rotatable bonds is 7. The number of hydrogen-bond donors (Lipinski definition) is 2. The summed E-state index contributed by atoms with van der Waals surface area (Å²) in [6, 6.07) is 22.4. The van der Waals surface area contributed by atoms with E-state index in [9.17, 15) is 14.4 Å². The zero-order valence-corrected chi connectivity index (χ0v) is 19.4. The number of aliphatic imine (C=N–C) groups is 1. The minimum absolute atomic E-state index is 0.0465. The number of amidine groups is 1. The average Bonchev–Trinajstić information content (AvgIpc) is 3.10. The van der Waals surface area contributed by atoms with Crippen molar-refractivity contribution >= 4 is 57.7 Å². The Hall–Kier alpha value is -3.62. The molecule has 1 aliphatic rings. The number of nitrogens with zero attached hydrogens (tertiary/aromatic N) is 2. The molecule has 1 saturated heterocycles. The van der Waals surface area contributed by atoms with E-state index in [1.54, 1.807) is 29.2 Å². The van der Waals surface area contributed by atoms with Gasteiger partial charge in [-0.05, 0) is 54.1 Å². The van der Waals surface area contributed by atoms with Crippen molar-refractivity contribution < 1.29 is 19.5 Å². The number of hydrogen-bond acceptors (Lipinski definition) is 5. The van der Waals surface area contributed by atoms with Gasteiger partial charge in [-0.3, -0.25) is 14.5 Å². The second-order valence-electron chi connectivity index (χ2n) is 7.52. The first-order valence-electron chi connectivity index (χ1n) is 10.4. The second-order valence-corrected chi connectivity index (χ2v) is 9.13. The monoisotopic (exact) mass is 493 g/mol. The molecule has 0 saturated carbocycles. The van der Waals surface area contributed by atoms with Gasteiger partial charge in [0.15, 0.2) is 5.17 Å². The van der Waals surface area contributed by atoms with Crippen molar-refractivity contribution in [1.29, 1.82) is 0 Å². The lowest BCUT2D eigenvalue weighted by atomic mass is 10.2. The van der Waals surface area contributed by atoms with Gasteiger partial charge < -0.3 is 10.4 Å². The number of thioether (sulfide) groups is 1. The zero-order chi connectivity index (χ0) is 24.1. The number of carboxylic acid groups (broad SMARTS) is 1. The van der Waals surface area contributed by atoms with Crippen LogP contribution >= 0.6 is 23.4 Å². The summed E-state index contributed by atoms with van der Waals surface area (Å²) >= 11 is 7.21. The molecule has 0 spiro atoms. The van der Waals surface area contributed by atoms with Crippen LogP contribution in [0.2, 0.25) is 5.02 Å². The molecule has 0 bridgehead atoms. The maximum atomic E-state index is 13.2. The van der Waals surface area contributed by atoms with Gasteiger partial charge in [0, 0.05) is 17.1 Å². The molecule has 34 heavy (non-hydrogen) atoms. The Morgan fingerprint density at radius 2 is 1.68 bits per heavy atom. The number of halogens is 1. The number of amides is 2. The van der Waals surface area contributed by atoms with Crippen LogP contribution in [-0.4, -0.2) is 38.2 Å². The molecule has 2 amide bonds. The predicted octanol–water partition coefficient (Wildman–Crippen LogP) is 5.20. The van der Waals surface area contributed by atoms with Crippen LogP contribution in [-0.2, 0) is 16.1 Å². The van der Waals surface area contributed by atoms with Crippen molar-refractivity contribution in [2.24, 2.45) is 4.99 Å². The Morgan fingerprint density at radius 3 is 2.32 bits per heavy atom. The van der Waals surface area contributed by atoms with Crippen molar-refractivity contribution in [2.75, 3.05) is 5.32 Å². The third-order valence-corrected chi connectivity index (χ3v) is 6.47. The van der Waals surface area contributed by atoms with Crippen molar-refractivity contribution in [3.8, 4) is 0 Å². The summed E-state index contributed by atoms with van der Waals surface area (Å²) in [5.74, 6) is -1.59. The zero-order valence-electron chi connectivity index (χ0n) is 17.8. The van der Waals surface area contributed by atoms with E-state index in [0.29, 0.717) is 28.1 Å².